The first kappa shape index (κ1) is 17.8. The largest absolute Gasteiger partial charge is 0.345 e. The molecule has 5 rings (SSSR count). The summed E-state index contributed by atoms with van der Waals surface area (Å²) < 4.78 is 30.7. The second-order valence-corrected chi connectivity index (χ2v) is 11.2. The Labute approximate surface area is 170 Å². The molecule has 2 aliphatic carbocycles. The van der Waals surface area contributed by atoms with Gasteiger partial charge in [0.1, 0.15) is 5.82 Å². The zero-order chi connectivity index (χ0) is 18.6. The first-order chi connectivity index (χ1) is 13.0. The average molecular weight is 500 g/mol. The summed E-state index contributed by atoms with van der Waals surface area (Å²) in [5.41, 5.74) is 2.46. The van der Waals surface area contributed by atoms with Crippen molar-refractivity contribution in [1.29, 1.82) is 0 Å². The number of rotatable bonds is 4. The van der Waals surface area contributed by atoms with Crippen LogP contribution in [0.25, 0.3) is 16.8 Å². The highest BCUT2D eigenvalue weighted by atomic mass is 127. The Morgan fingerprint density at radius 1 is 1.22 bits per heavy atom. The lowest BCUT2D eigenvalue weighted by Crippen LogP contribution is -2.39. The Balaban J connectivity index is 1.43. The Bertz CT molecular complexity index is 1090. The van der Waals surface area contributed by atoms with Crippen LogP contribution in [0, 0.1) is 0 Å². The summed E-state index contributed by atoms with van der Waals surface area (Å²) in [5, 5.41) is 8.51. The van der Waals surface area contributed by atoms with Crippen molar-refractivity contribution in [3.05, 3.63) is 24.3 Å². The highest BCUT2D eigenvalue weighted by molar-refractivity contribution is 14.1. The van der Waals surface area contributed by atoms with E-state index >= 15 is 0 Å². The van der Waals surface area contributed by atoms with Crippen molar-refractivity contribution in [2.45, 2.75) is 59.7 Å². The van der Waals surface area contributed by atoms with E-state index in [9.17, 15) is 8.42 Å². The maximum Gasteiger partial charge on any atom is 0.214 e. The van der Waals surface area contributed by atoms with Crippen molar-refractivity contribution in [2.75, 3.05) is 0 Å². The van der Waals surface area contributed by atoms with Gasteiger partial charge in [-0.2, -0.15) is 0 Å². The van der Waals surface area contributed by atoms with Gasteiger partial charge in [-0.3, -0.25) is 4.40 Å². The summed E-state index contributed by atoms with van der Waals surface area (Å²) in [7, 11) is -3.24. The SMILES string of the molecule is O=S(=O)(N[C@H]1C[C@@H](I)[C@H](c2nnc3cnc4[nH]ccc4n23)C1)C1CCCC1. The number of sulfonamides is 1. The van der Waals surface area contributed by atoms with Crippen LogP contribution in [-0.2, 0) is 10.0 Å². The van der Waals surface area contributed by atoms with Crippen LogP contribution < -0.4 is 4.72 Å². The number of hydrogen-bond acceptors (Lipinski definition) is 5. The molecule has 0 saturated heterocycles. The molecule has 0 unspecified atom stereocenters. The summed E-state index contributed by atoms with van der Waals surface area (Å²) in [6.07, 6.45) is 8.73. The number of nitrogens with one attached hydrogen (secondary N) is 2. The van der Waals surface area contributed by atoms with Crippen LogP contribution in [0.1, 0.15) is 50.3 Å². The van der Waals surface area contributed by atoms with Crippen molar-refractivity contribution in [3.63, 3.8) is 0 Å². The number of fused-ring (bicyclic) bond motifs is 3. The van der Waals surface area contributed by atoms with Crippen molar-refractivity contribution in [1.82, 2.24) is 29.3 Å². The second-order valence-electron chi connectivity index (χ2n) is 7.58. The molecular weight excluding hydrogens is 479 g/mol. The standard InChI is InChI=1S/C17H21IN6O2S/c18-13-8-10(23-27(25,26)11-3-1-2-4-11)7-12(13)17-22-21-15-9-20-16-14(24(15)17)5-6-19-16/h5-6,9-13,19,23H,1-4,7-8H2/t10-,12-,13-/m1/s1. The number of hydrogen-bond donors (Lipinski definition) is 2. The number of nitrogens with zero attached hydrogens (tertiary/aromatic N) is 4. The van der Waals surface area contributed by atoms with Crippen LogP contribution in [0.3, 0.4) is 0 Å². The molecule has 2 aliphatic rings. The van der Waals surface area contributed by atoms with Crippen LogP contribution >= 0.6 is 22.6 Å². The molecule has 0 spiro atoms. The van der Waals surface area contributed by atoms with Gasteiger partial charge in [0.05, 0.1) is 17.0 Å². The first-order valence-corrected chi connectivity index (χ1v) is 12.1. The lowest BCUT2D eigenvalue weighted by Gasteiger charge is -2.17. The molecule has 0 aromatic carbocycles. The minimum atomic E-state index is -3.24. The number of H-pyrrole nitrogens is 1. The molecule has 144 valence electrons. The van der Waals surface area contributed by atoms with E-state index in [0.29, 0.717) is 3.92 Å². The monoisotopic (exact) mass is 500 g/mol. The van der Waals surface area contributed by atoms with Gasteiger partial charge < -0.3 is 4.98 Å². The van der Waals surface area contributed by atoms with Gasteiger partial charge >= 0.3 is 0 Å². The van der Waals surface area contributed by atoms with Gasteiger partial charge in [-0.1, -0.05) is 35.4 Å². The zero-order valence-corrected chi connectivity index (χ0v) is 17.6. The molecule has 27 heavy (non-hydrogen) atoms. The van der Waals surface area contributed by atoms with Crippen molar-refractivity contribution in [2.24, 2.45) is 0 Å². The quantitative estimate of drug-likeness (QED) is 0.423. The van der Waals surface area contributed by atoms with Crippen LogP contribution in [0.15, 0.2) is 18.5 Å². The molecule has 3 aromatic heterocycles. The average Bonchev–Trinajstić information content (AvgIpc) is 3.40. The molecule has 8 nitrogen and oxygen atoms in total. The summed E-state index contributed by atoms with van der Waals surface area (Å²) in [4.78, 5) is 7.48. The van der Waals surface area contributed by atoms with Gasteiger partial charge in [-0.15, -0.1) is 10.2 Å². The maximum absolute atomic E-state index is 12.7. The molecular formula is C17H21IN6O2S. The number of aromatic amines is 1. The van der Waals surface area contributed by atoms with Gasteiger partial charge in [0.15, 0.2) is 11.3 Å². The Morgan fingerprint density at radius 3 is 2.85 bits per heavy atom. The van der Waals surface area contributed by atoms with E-state index < -0.39 is 10.0 Å². The summed E-state index contributed by atoms with van der Waals surface area (Å²) in [6, 6.07) is 1.93. The third kappa shape index (κ3) is 3.05. The van der Waals surface area contributed by atoms with E-state index in [2.05, 4.69) is 47.5 Å². The smallest absolute Gasteiger partial charge is 0.214 e. The fourth-order valence-electron chi connectivity index (χ4n) is 4.52. The van der Waals surface area contributed by atoms with Gasteiger partial charge in [-0.05, 0) is 31.7 Å². The Kier molecular flexibility index (Phi) is 4.39. The molecule has 2 saturated carbocycles. The molecule has 2 N–H and O–H groups in total. The number of halogens is 1. The van der Waals surface area contributed by atoms with Crippen LogP contribution in [0.5, 0.6) is 0 Å². The lowest BCUT2D eigenvalue weighted by atomic mass is 10.1. The van der Waals surface area contributed by atoms with Gasteiger partial charge in [0.2, 0.25) is 10.0 Å². The number of alkyl halides is 1. The van der Waals surface area contributed by atoms with E-state index in [1.54, 1.807) is 6.20 Å². The topological polar surface area (TPSA) is 105 Å². The molecule has 3 atom stereocenters. The summed E-state index contributed by atoms with van der Waals surface area (Å²) >= 11 is 2.43. The molecule has 3 heterocycles. The Hall–Kier alpha value is -1.27. The normalized spacial score (nSPS) is 27.2. The zero-order valence-electron chi connectivity index (χ0n) is 14.7. The molecule has 0 amide bonds. The fourth-order valence-corrected chi connectivity index (χ4v) is 7.55. The van der Waals surface area contributed by atoms with E-state index in [4.69, 9.17) is 0 Å². The van der Waals surface area contributed by atoms with E-state index in [1.807, 2.05) is 16.7 Å². The maximum atomic E-state index is 12.7. The molecule has 0 aliphatic heterocycles. The molecule has 10 heteroatoms. The molecule has 0 radical (unpaired) electrons. The fraction of sp³-hybridized carbons (Fsp3) is 0.588. The van der Waals surface area contributed by atoms with Crippen molar-refractivity contribution < 1.29 is 8.42 Å². The third-order valence-electron chi connectivity index (χ3n) is 5.86. The van der Waals surface area contributed by atoms with E-state index in [0.717, 1.165) is 61.2 Å². The van der Waals surface area contributed by atoms with Crippen LogP contribution in [0.2, 0.25) is 0 Å². The molecule has 2 fully saturated rings. The van der Waals surface area contributed by atoms with E-state index in [-0.39, 0.29) is 17.2 Å². The predicted octanol–water partition coefficient (Wildman–Crippen LogP) is 2.52. The Morgan fingerprint density at radius 2 is 2.04 bits per heavy atom. The minimum Gasteiger partial charge on any atom is -0.345 e. The number of aromatic nitrogens is 5. The predicted molar refractivity (Wildman–Crippen MR) is 111 cm³/mol. The van der Waals surface area contributed by atoms with Crippen LogP contribution in [-0.4, -0.2) is 48.2 Å². The third-order valence-corrected chi connectivity index (χ3v) is 9.24. The van der Waals surface area contributed by atoms with E-state index in [1.165, 1.54) is 0 Å². The highest BCUT2D eigenvalue weighted by Gasteiger charge is 2.40. The minimum absolute atomic E-state index is 0.0431. The van der Waals surface area contributed by atoms with Gasteiger partial charge in [0.25, 0.3) is 0 Å². The molecule has 0 bridgehead atoms. The first-order valence-electron chi connectivity index (χ1n) is 9.35. The van der Waals surface area contributed by atoms with Crippen molar-refractivity contribution in [3.8, 4) is 0 Å². The lowest BCUT2D eigenvalue weighted by molar-refractivity contribution is 0.533. The second kappa shape index (κ2) is 6.66. The summed E-state index contributed by atoms with van der Waals surface area (Å²) in [5.74, 6) is 1.04. The molecule has 3 aromatic rings. The van der Waals surface area contributed by atoms with Crippen molar-refractivity contribution >= 4 is 49.4 Å². The van der Waals surface area contributed by atoms with Gasteiger partial charge in [-0.25, -0.2) is 18.1 Å². The summed E-state index contributed by atoms with van der Waals surface area (Å²) in [6.45, 7) is 0. The van der Waals surface area contributed by atoms with Gasteiger partial charge in [0, 0.05) is 22.1 Å². The highest BCUT2D eigenvalue weighted by Crippen LogP contribution is 2.40. The van der Waals surface area contributed by atoms with Crippen LogP contribution in [0.4, 0.5) is 0 Å².